The minimum atomic E-state index is 0.653. The number of methoxy groups -OCH3 is 1. The van der Waals surface area contributed by atoms with E-state index in [4.69, 9.17) is 9.73 Å². The van der Waals surface area contributed by atoms with Crippen LogP contribution in [0.2, 0.25) is 0 Å². The largest absolute Gasteiger partial charge is 0.496 e. The molecule has 1 aromatic carbocycles. The van der Waals surface area contributed by atoms with Crippen LogP contribution in [0.5, 0.6) is 5.75 Å². The van der Waals surface area contributed by atoms with Gasteiger partial charge in [-0.3, -0.25) is 9.67 Å². The van der Waals surface area contributed by atoms with Gasteiger partial charge in [-0.25, -0.2) is 4.98 Å². The van der Waals surface area contributed by atoms with Crippen molar-refractivity contribution in [1.82, 2.24) is 25.0 Å². The van der Waals surface area contributed by atoms with Gasteiger partial charge in [-0.15, -0.1) is 0 Å². The highest BCUT2D eigenvalue weighted by Crippen LogP contribution is 2.19. The second kappa shape index (κ2) is 9.05. The molecule has 0 bridgehead atoms. The van der Waals surface area contributed by atoms with Crippen molar-refractivity contribution >= 4 is 5.96 Å². The van der Waals surface area contributed by atoms with Gasteiger partial charge in [0.15, 0.2) is 5.96 Å². The molecule has 0 aliphatic carbocycles. The second-order valence-electron chi connectivity index (χ2n) is 5.95. The Morgan fingerprint density at radius 2 is 2.20 bits per heavy atom. The predicted molar refractivity (Wildman–Crippen MR) is 99.9 cm³/mol. The lowest BCUT2D eigenvalue weighted by molar-refractivity contribution is 0.411. The lowest BCUT2D eigenvalue weighted by atomic mass is 10.1. The van der Waals surface area contributed by atoms with Crippen molar-refractivity contribution in [3.8, 4) is 5.75 Å². The zero-order valence-corrected chi connectivity index (χ0v) is 15.8. The molecular formula is C18H28N6O. The summed E-state index contributed by atoms with van der Waals surface area (Å²) in [5, 5.41) is 7.43. The average molecular weight is 344 g/mol. The molecule has 0 unspecified atom stereocenters. The van der Waals surface area contributed by atoms with E-state index in [0.717, 1.165) is 36.1 Å². The van der Waals surface area contributed by atoms with Crippen molar-refractivity contribution in [1.29, 1.82) is 0 Å². The summed E-state index contributed by atoms with van der Waals surface area (Å²) >= 11 is 0. The number of aryl methyl sites for hydroxylation is 2. The van der Waals surface area contributed by atoms with E-state index in [1.807, 2.05) is 21.0 Å². The van der Waals surface area contributed by atoms with Crippen LogP contribution in [0.3, 0.4) is 0 Å². The Morgan fingerprint density at radius 1 is 1.40 bits per heavy atom. The third-order valence-corrected chi connectivity index (χ3v) is 4.01. The standard InChI is InChI=1S/C18H28N6O/c1-6-19-18(23(3)12-17-21-13-22-24(17)4)20-10-9-15-8-7-14(2)16(11-15)25-5/h7-8,11,13H,6,9-10,12H2,1-5H3,(H,19,20). The Labute approximate surface area is 149 Å². The first-order chi connectivity index (χ1) is 12.0. The van der Waals surface area contributed by atoms with E-state index in [2.05, 4.69) is 45.4 Å². The van der Waals surface area contributed by atoms with Crippen LogP contribution < -0.4 is 10.1 Å². The summed E-state index contributed by atoms with van der Waals surface area (Å²) in [4.78, 5) is 11.1. The van der Waals surface area contributed by atoms with Gasteiger partial charge >= 0.3 is 0 Å². The zero-order chi connectivity index (χ0) is 18.2. The van der Waals surface area contributed by atoms with Gasteiger partial charge in [0.1, 0.15) is 17.9 Å². The third kappa shape index (κ3) is 5.20. The van der Waals surface area contributed by atoms with E-state index >= 15 is 0 Å². The minimum absolute atomic E-state index is 0.653. The summed E-state index contributed by atoms with van der Waals surface area (Å²) in [7, 11) is 5.60. The second-order valence-corrected chi connectivity index (χ2v) is 5.95. The topological polar surface area (TPSA) is 67.6 Å². The summed E-state index contributed by atoms with van der Waals surface area (Å²) in [6.07, 6.45) is 2.43. The first-order valence-electron chi connectivity index (χ1n) is 8.51. The van der Waals surface area contributed by atoms with Gasteiger partial charge in [0.05, 0.1) is 13.7 Å². The molecule has 2 rings (SSSR count). The van der Waals surface area contributed by atoms with Crippen LogP contribution >= 0.6 is 0 Å². The van der Waals surface area contributed by atoms with E-state index < -0.39 is 0 Å². The lowest BCUT2D eigenvalue weighted by Gasteiger charge is -2.21. The quantitative estimate of drug-likeness (QED) is 0.612. The van der Waals surface area contributed by atoms with E-state index in [1.54, 1.807) is 18.1 Å². The van der Waals surface area contributed by atoms with Crippen molar-refractivity contribution in [3.63, 3.8) is 0 Å². The fourth-order valence-electron chi connectivity index (χ4n) is 2.53. The van der Waals surface area contributed by atoms with Gasteiger partial charge in [0.25, 0.3) is 0 Å². The molecule has 7 nitrogen and oxygen atoms in total. The molecule has 1 aromatic heterocycles. The molecule has 0 atom stereocenters. The number of ether oxygens (including phenoxy) is 1. The highest BCUT2D eigenvalue weighted by molar-refractivity contribution is 5.79. The molecule has 1 heterocycles. The number of hydrogen-bond donors (Lipinski definition) is 1. The maximum absolute atomic E-state index is 5.39. The fraction of sp³-hybridized carbons (Fsp3) is 0.500. The van der Waals surface area contributed by atoms with Crippen molar-refractivity contribution < 1.29 is 4.74 Å². The molecular weight excluding hydrogens is 316 g/mol. The number of guanidine groups is 1. The van der Waals surface area contributed by atoms with Gasteiger partial charge in [-0.05, 0) is 37.5 Å². The molecule has 7 heteroatoms. The van der Waals surface area contributed by atoms with Crippen molar-refractivity contribution in [3.05, 3.63) is 41.5 Å². The zero-order valence-electron chi connectivity index (χ0n) is 15.8. The van der Waals surface area contributed by atoms with Gasteiger partial charge < -0.3 is 15.0 Å². The van der Waals surface area contributed by atoms with Gasteiger partial charge in [0.2, 0.25) is 0 Å². The predicted octanol–water partition coefficient (Wildman–Crippen LogP) is 1.77. The number of benzene rings is 1. The smallest absolute Gasteiger partial charge is 0.194 e. The van der Waals surface area contributed by atoms with Crippen LogP contribution in [-0.2, 0) is 20.0 Å². The number of nitrogens with one attached hydrogen (secondary N) is 1. The average Bonchev–Trinajstić information content (AvgIpc) is 3.00. The fourth-order valence-corrected chi connectivity index (χ4v) is 2.53. The van der Waals surface area contributed by atoms with E-state index in [1.165, 1.54) is 5.56 Å². The summed E-state index contributed by atoms with van der Waals surface area (Å²) in [5.41, 5.74) is 2.37. The van der Waals surface area contributed by atoms with Gasteiger partial charge in [-0.1, -0.05) is 12.1 Å². The molecule has 136 valence electrons. The maximum atomic E-state index is 5.39. The molecule has 0 aliphatic heterocycles. The SMILES string of the molecule is CCNC(=NCCc1ccc(C)c(OC)c1)N(C)Cc1ncnn1C. The van der Waals surface area contributed by atoms with E-state index in [0.29, 0.717) is 13.1 Å². The molecule has 1 N–H and O–H groups in total. The van der Waals surface area contributed by atoms with Crippen molar-refractivity contribution in [2.24, 2.45) is 12.0 Å². The van der Waals surface area contributed by atoms with Crippen molar-refractivity contribution in [2.45, 2.75) is 26.8 Å². The number of nitrogens with zero attached hydrogens (tertiary/aromatic N) is 5. The highest BCUT2D eigenvalue weighted by atomic mass is 16.5. The molecule has 0 saturated heterocycles. The normalized spacial score (nSPS) is 11.5. The Hall–Kier alpha value is -2.57. The highest BCUT2D eigenvalue weighted by Gasteiger charge is 2.10. The summed E-state index contributed by atoms with van der Waals surface area (Å²) in [6.45, 7) is 6.29. The number of hydrogen-bond acceptors (Lipinski definition) is 4. The Morgan fingerprint density at radius 3 is 2.84 bits per heavy atom. The Bertz CT molecular complexity index is 709. The Balaban J connectivity index is 2.00. The Kier molecular flexibility index (Phi) is 6.80. The van der Waals surface area contributed by atoms with Crippen LogP contribution in [0.15, 0.2) is 29.5 Å². The van der Waals surface area contributed by atoms with Crippen LogP contribution in [0, 0.1) is 6.92 Å². The minimum Gasteiger partial charge on any atom is -0.496 e. The van der Waals surface area contributed by atoms with Crippen LogP contribution in [0.1, 0.15) is 23.9 Å². The van der Waals surface area contributed by atoms with Crippen LogP contribution in [-0.4, -0.2) is 52.9 Å². The molecule has 0 amide bonds. The molecule has 0 radical (unpaired) electrons. The number of aromatic nitrogens is 3. The molecule has 0 fully saturated rings. The molecule has 25 heavy (non-hydrogen) atoms. The summed E-state index contributed by atoms with van der Waals surface area (Å²) < 4.78 is 7.16. The maximum Gasteiger partial charge on any atom is 0.194 e. The number of aliphatic imine (C=N–C) groups is 1. The van der Waals surface area contributed by atoms with E-state index in [9.17, 15) is 0 Å². The molecule has 0 aliphatic rings. The first kappa shape index (κ1) is 18.8. The monoisotopic (exact) mass is 344 g/mol. The lowest BCUT2D eigenvalue weighted by Crippen LogP contribution is -2.39. The third-order valence-electron chi connectivity index (χ3n) is 4.01. The summed E-state index contributed by atoms with van der Waals surface area (Å²) in [6, 6.07) is 6.30. The molecule has 0 saturated carbocycles. The first-order valence-corrected chi connectivity index (χ1v) is 8.51. The van der Waals surface area contributed by atoms with Crippen LogP contribution in [0.4, 0.5) is 0 Å². The molecule has 2 aromatic rings. The number of rotatable bonds is 7. The van der Waals surface area contributed by atoms with E-state index in [-0.39, 0.29) is 0 Å². The van der Waals surface area contributed by atoms with Crippen molar-refractivity contribution in [2.75, 3.05) is 27.2 Å². The van der Waals surface area contributed by atoms with Gasteiger partial charge in [-0.2, -0.15) is 5.10 Å². The van der Waals surface area contributed by atoms with Gasteiger partial charge in [0, 0.05) is 27.2 Å². The molecule has 0 spiro atoms. The van der Waals surface area contributed by atoms with Crippen LogP contribution in [0.25, 0.3) is 0 Å². The summed E-state index contributed by atoms with van der Waals surface area (Å²) in [5.74, 6) is 2.69.